The third kappa shape index (κ3) is 4.69. The number of halogens is 4. The second-order valence-electron chi connectivity index (χ2n) is 4.77. The van der Waals surface area contributed by atoms with Crippen molar-refractivity contribution in [1.82, 2.24) is 10.3 Å². The SMILES string of the molecule is Cl.O=C(Nc1nc2ccc(OC(F)(F)F)cc2s1)C1COCCN1. The summed E-state index contributed by atoms with van der Waals surface area (Å²) < 4.78 is 46.2. The zero-order valence-corrected chi connectivity index (χ0v) is 13.7. The molecule has 11 heteroatoms. The molecule has 1 aliphatic rings. The summed E-state index contributed by atoms with van der Waals surface area (Å²) in [5.74, 6) is -0.621. The number of nitrogens with one attached hydrogen (secondary N) is 2. The van der Waals surface area contributed by atoms with Crippen LogP contribution in [0.5, 0.6) is 5.75 Å². The van der Waals surface area contributed by atoms with Crippen LogP contribution in [0.25, 0.3) is 10.2 Å². The minimum absolute atomic E-state index is 0. The van der Waals surface area contributed by atoms with Gasteiger partial charge in [-0.1, -0.05) is 11.3 Å². The van der Waals surface area contributed by atoms with Gasteiger partial charge in [-0.15, -0.1) is 25.6 Å². The highest BCUT2D eigenvalue weighted by Crippen LogP contribution is 2.31. The molecule has 24 heavy (non-hydrogen) atoms. The topological polar surface area (TPSA) is 72.5 Å². The predicted molar refractivity (Wildman–Crippen MR) is 84.8 cm³/mol. The largest absolute Gasteiger partial charge is 0.573 e. The molecule has 0 spiro atoms. The van der Waals surface area contributed by atoms with Crippen molar-refractivity contribution < 1.29 is 27.4 Å². The van der Waals surface area contributed by atoms with Gasteiger partial charge in [0.1, 0.15) is 11.8 Å². The molecule has 132 valence electrons. The molecule has 1 atom stereocenters. The van der Waals surface area contributed by atoms with Gasteiger partial charge in [0.25, 0.3) is 0 Å². The van der Waals surface area contributed by atoms with Gasteiger partial charge in [0.15, 0.2) is 5.13 Å². The van der Waals surface area contributed by atoms with Gasteiger partial charge in [-0.3, -0.25) is 4.79 Å². The summed E-state index contributed by atoms with van der Waals surface area (Å²) in [6.45, 7) is 1.39. The van der Waals surface area contributed by atoms with E-state index in [1.807, 2.05) is 0 Å². The van der Waals surface area contributed by atoms with E-state index in [-0.39, 0.29) is 30.7 Å². The van der Waals surface area contributed by atoms with Crippen LogP contribution in [0.1, 0.15) is 0 Å². The van der Waals surface area contributed by atoms with E-state index in [2.05, 4.69) is 20.4 Å². The summed E-state index contributed by atoms with van der Waals surface area (Å²) in [6, 6.07) is 3.35. The second kappa shape index (κ2) is 7.51. The number of anilines is 1. The molecular weight excluding hydrogens is 371 g/mol. The number of rotatable bonds is 3. The summed E-state index contributed by atoms with van der Waals surface area (Å²) in [6.07, 6.45) is -4.75. The summed E-state index contributed by atoms with van der Waals surface area (Å²) >= 11 is 1.07. The minimum atomic E-state index is -4.75. The fourth-order valence-corrected chi connectivity index (χ4v) is 2.98. The summed E-state index contributed by atoms with van der Waals surface area (Å²) in [4.78, 5) is 16.2. The summed E-state index contributed by atoms with van der Waals surface area (Å²) in [5, 5.41) is 5.94. The monoisotopic (exact) mass is 383 g/mol. The lowest BCUT2D eigenvalue weighted by Gasteiger charge is -2.22. The Balaban J connectivity index is 0.00000208. The quantitative estimate of drug-likeness (QED) is 0.852. The number of hydrogen-bond donors (Lipinski definition) is 2. The van der Waals surface area contributed by atoms with E-state index in [4.69, 9.17) is 4.74 Å². The lowest BCUT2D eigenvalue weighted by atomic mass is 10.2. The van der Waals surface area contributed by atoms with Crippen molar-refractivity contribution in [1.29, 1.82) is 0 Å². The van der Waals surface area contributed by atoms with Gasteiger partial charge in [-0.05, 0) is 12.1 Å². The fourth-order valence-electron chi connectivity index (χ4n) is 2.08. The molecule has 3 rings (SSSR count). The summed E-state index contributed by atoms with van der Waals surface area (Å²) in [7, 11) is 0. The highest BCUT2D eigenvalue weighted by Gasteiger charge is 2.31. The minimum Gasteiger partial charge on any atom is -0.406 e. The molecule has 1 fully saturated rings. The standard InChI is InChI=1S/C13H12F3N3O3S.ClH/c14-13(15,16)22-7-1-2-8-10(5-7)23-12(18-8)19-11(20)9-6-21-4-3-17-9;/h1-2,5,9,17H,3-4,6H2,(H,18,19,20);1H. The number of aromatic nitrogens is 1. The molecule has 0 aliphatic carbocycles. The van der Waals surface area contributed by atoms with E-state index in [9.17, 15) is 18.0 Å². The van der Waals surface area contributed by atoms with E-state index >= 15 is 0 Å². The Morgan fingerprint density at radius 2 is 2.25 bits per heavy atom. The average Bonchev–Trinajstić information content (AvgIpc) is 2.88. The lowest BCUT2D eigenvalue weighted by Crippen LogP contribution is -2.48. The zero-order valence-electron chi connectivity index (χ0n) is 12.1. The maximum Gasteiger partial charge on any atom is 0.573 e. The number of alkyl halides is 3. The van der Waals surface area contributed by atoms with Crippen molar-refractivity contribution in [3.8, 4) is 5.75 Å². The summed E-state index contributed by atoms with van der Waals surface area (Å²) in [5.41, 5.74) is 0.479. The van der Waals surface area contributed by atoms with E-state index in [1.165, 1.54) is 18.2 Å². The molecule has 1 unspecified atom stereocenters. The third-order valence-electron chi connectivity index (χ3n) is 3.06. The molecule has 2 heterocycles. The molecule has 6 nitrogen and oxygen atoms in total. The van der Waals surface area contributed by atoms with Crippen molar-refractivity contribution in [2.45, 2.75) is 12.4 Å². The van der Waals surface area contributed by atoms with Gasteiger partial charge in [0.2, 0.25) is 5.91 Å². The van der Waals surface area contributed by atoms with Crippen molar-refractivity contribution in [3.63, 3.8) is 0 Å². The molecule has 2 aromatic rings. The molecule has 1 aromatic heterocycles. The number of fused-ring (bicyclic) bond motifs is 1. The average molecular weight is 384 g/mol. The number of thiazole rings is 1. The fraction of sp³-hybridized carbons (Fsp3) is 0.385. The van der Waals surface area contributed by atoms with Crippen molar-refractivity contribution >= 4 is 45.0 Å². The first-order chi connectivity index (χ1) is 10.9. The smallest absolute Gasteiger partial charge is 0.406 e. The molecule has 0 bridgehead atoms. The molecule has 1 aromatic carbocycles. The van der Waals surface area contributed by atoms with Crippen molar-refractivity contribution in [3.05, 3.63) is 18.2 Å². The maximum absolute atomic E-state index is 12.2. The third-order valence-corrected chi connectivity index (χ3v) is 4.00. The number of nitrogens with zero attached hydrogens (tertiary/aromatic N) is 1. The van der Waals surface area contributed by atoms with Gasteiger partial charge in [0, 0.05) is 12.6 Å². The first-order valence-corrected chi connectivity index (χ1v) is 7.51. The van der Waals surface area contributed by atoms with E-state index < -0.39 is 12.4 Å². The van der Waals surface area contributed by atoms with Crippen LogP contribution in [0.2, 0.25) is 0 Å². The Hall–Kier alpha value is -1.62. The van der Waals surface area contributed by atoms with Crippen LogP contribution in [-0.2, 0) is 9.53 Å². The van der Waals surface area contributed by atoms with Gasteiger partial charge in [-0.2, -0.15) is 0 Å². The van der Waals surface area contributed by atoms with Crippen LogP contribution in [0.15, 0.2) is 18.2 Å². The number of hydrogen-bond acceptors (Lipinski definition) is 6. The molecule has 0 saturated carbocycles. The van der Waals surface area contributed by atoms with Gasteiger partial charge >= 0.3 is 6.36 Å². The van der Waals surface area contributed by atoms with Crippen LogP contribution in [-0.4, -0.2) is 43.1 Å². The predicted octanol–water partition coefficient (Wildman–Crippen LogP) is 2.54. The number of ether oxygens (including phenoxy) is 2. The van der Waals surface area contributed by atoms with Crippen LogP contribution < -0.4 is 15.4 Å². The highest BCUT2D eigenvalue weighted by molar-refractivity contribution is 7.22. The van der Waals surface area contributed by atoms with Crippen LogP contribution in [0.3, 0.4) is 0 Å². The first-order valence-electron chi connectivity index (χ1n) is 6.69. The zero-order chi connectivity index (χ0) is 16.4. The van der Waals surface area contributed by atoms with Crippen molar-refractivity contribution in [2.75, 3.05) is 25.1 Å². The van der Waals surface area contributed by atoms with Crippen molar-refractivity contribution in [2.24, 2.45) is 0 Å². The molecule has 1 saturated heterocycles. The van der Waals surface area contributed by atoms with Crippen LogP contribution in [0.4, 0.5) is 18.3 Å². The second-order valence-corrected chi connectivity index (χ2v) is 5.80. The number of amides is 1. The Labute approximate surface area is 144 Å². The first kappa shape index (κ1) is 18.7. The van der Waals surface area contributed by atoms with Gasteiger partial charge in [0.05, 0.1) is 23.4 Å². The number of carbonyl (C=O) groups excluding carboxylic acids is 1. The van der Waals surface area contributed by atoms with E-state index in [0.29, 0.717) is 28.5 Å². The van der Waals surface area contributed by atoms with Crippen LogP contribution in [0, 0.1) is 0 Å². The molecule has 1 aliphatic heterocycles. The Kier molecular flexibility index (Phi) is 5.86. The van der Waals surface area contributed by atoms with Gasteiger partial charge < -0.3 is 20.1 Å². The highest BCUT2D eigenvalue weighted by atomic mass is 35.5. The van der Waals surface area contributed by atoms with E-state index in [1.54, 1.807) is 0 Å². The Morgan fingerprint density at radius 3 is 2.92 bits per heavy atom. The molecule has 1 amide bonds. The maximum atomic E-state index is 12.2. The lowest BCUT2D eigenvalue weighted by molar-refractivity contribution is -0.274. The Morgan fingerprint density at radius 1 is 1.46 bits per heavy atom. The Bertz CT molecular complexity index is 719. The van der Waals surface area contributed by atoms with E-state index in [0.717, 1.165) is 11.3 Å². The van der Waals surface area contributed by atoms with Crippen LogP contribution >= 0.6 is 23.7 Å². The molecule has 0 radical (unpaired) electrons. The molecule has 2 N–H and O–H groups in total. The number of morpholine rings is 1. The molecular formula is C13H13ClF3N3O3S. The number of carbonyl (C=O) groups is 1. The number of benzene rings is 1. The normalized spacial score (nSPS) is 18.0. The van der Waals surface area contributed by atoms with Gasteiger partial charge in [-0.25, -0.2) is 4.98 Å².